The van der Waals surface area contributed by atoms with Gasteiger partial charge in [0.15, 0.2) is 8.32 Å². The van der Waals surface area contributed by atoms with Crippen LogP contribution in [0.25, 0.3) is 0 Å². The lowest BCUT2D eigenvalue weighted by Gasteiger charge is -2.39. The summed E-state index contributed by atoms with van der Waals surface area (Å²) < 4.78 is 25.6. The average molecular weight is 512 g/mol. The van der Waals surface area contributed by atoms with Crippen molar-refractivity contribution in [3.05, 3.63) is 53.0 Å². The van der Waals surface area contributed by atoms with Gasteiger partial charge in [0.25, 0.3) is 0 Å². The number of halogens is 1. The molecule has 0 saturated carbocycles. The van der Waals surface area contributed by atoms with Crippen molar-refractivity contribution in [2.75, 3.05) is 13.2 Å². The van der Waals surface area contributed by atoms with Crippen LogP contribution >= 0.6 is 15.9 Å². The van der Waals surface area contributed by atoms with E-state index < -0.39 is 14.6 Å². The van der Waals surface area contributed by atoms with E-state index in [9.17, 15) is 0 Å². The van der Waals surface area contributed by atoms with Crippen LogP contribution in [0, 0.1) is 0 Å². The summed E-state index contributed by atoms with van der Waals surface area (Å²) in [5.74, 6) is 0.778. The van der Waals surface area contributed by atoms with E-state index in [2.05, 4.69) is 89.3 Å². The zero-order chi connectivity index (χ0) is 23.4. The van der Waals surface area contributed by atoms with Gasteiger partial charge in [0.05, 0.1) is 13.2 Å². The summed E-state index contributed by atoms with van der Waals surface area (Å²) in [5, 5.41) is 0.128. The van der Waals surface area contributed by atoms with Gasteiger partial charge in [-0.2, -0.15) is 0 Å². The van der Waals surface area contributed by atoms with Crippen LogP contribution in [0.3, 0.4) is 0 Å². The summed E-state index contributed by atoms with van der Waals surface area (Å²) in [6.45, 7) is 22.5. The van der Waals surface area contributed by atoms with Gasteiger partial charge in [0, 0.05) is 4.48 Å². The van der Waals surface area contributed by atoms with Crippen LogP contribution in [-0.4, -0.2) is 40.0 Å². The maximum Gasteiger partial charge on any atom is 0.220 e. The molecule has 1 aromatic rings. The Bertz CT molecular complexity index is 759. The highest BCUT2D eigenvalue weighted by atomic mass is 79.9. The molecule has 1 aliphatic rings. The third kappa shape index (κ3) is 7.86. The van der Waals surface area contributed by atoms with Gasteiger partial charge in [0.1, 0.15) is 18.0 Å². The molecule has 0 radical (unpaired) electrons. The SMILES string of the molecule is C=C(Br)CO[C@H]1C=C[C@@H](Oc2ccc(C(C)(C)C)cc2)O[C@@H]1CO[Si](C)(C)C(C)(C)C. The summed E-state index contributed by atoms with van der Waals surface area (Å²) >= 11 is 3.36. The van der Waals surface area contributed by atoms with Gasteiger partial charge >= 0.3 is 0 Å². The van der Waals surface area contributed by atoms with Crippen molar-refractivity contribution in [2.24, 2.45) is 0 Å². The first-order valence-corrected chi connectivity index (χ1v) is 14.6. The van der Waals surface area contributed by atoms with E-state index in [1.165, 1.54) is 5.56 Å². The summed E-state index contributed by atoms with van der Waals surface area (Å²) in [5.41, 5.74) is 1.37. The Morgan fingerprint density at radius 2 is 1.68 bits per heavy atom. The minimum Gasteiger partial charge on any atom is -0.461 e. The predicted octanol–water partition coefficient (Wildman–Crippen LogP) is 6.96. The van der Waals surface area contributed by atoms with E-state index in [1.807, 2.05) is 24.3 Å². The summed E-state index contributed by atoms with van der Waals surface area (Å²) in [7, 11) is -1.91. The summed E-state index contributed by atoms with van der Waals surface area (Å²) in [4.78, 5) is 0. The van der Waals surface area contributed by atoms with E-state index in [1.54, 1.807) is 0 Å². The zero-order valence-electron chi connectivity index (χ0n) is 20.3. The molecule has 6 heteroatoms. The quantitative estimate of drug-likeness (QED) is 0.279. The fourth-order valence-corrected chi connectivity index (χ4v) is 3.99. The van der Waals surface area contributed by atoms with Gasteiger partial charge in [-0.15, -0.1) is 0 Å². The van der Waals surface area contributed by atoms with E-state index in [0.29, 0.717) is 13.2 Å². The molecule has 3 atom stereocenters. The second kappa shape index (κ2) is 10.3. The molecule has 174 valence electrons. The Labute approximate surface area is 198 Å². The van der Waals surface area contributed by atoms with Gasteiger partial charge in [-0.25, -0.2) is 0 Å². The van der Waals surface area contributed by atoms with Crippen LogP contribution in [-0.2, 0) is 19.3 Å². The van der Waals surface area contributed by atoms with E-state index in [0.717, 1.165) is 10.2 Å². The first kappa shape index (κ1) is 26.3. The van der Waals surface area contributed by atoms with E-state index >= 15 is 0 Å². The molecule has 1 aliphatic heterocycles. The first-order chi connectivity index (χ1) is 14.2. The Morgan fingerprint density at radius 1 is 1.06 bits per heavy atom. The average Bonchev–Trinajstić information content (AvgIpc) is 2.64. The third-order valence-electron chi connectivity index (χ3n) is 5.95. The predicted molar refractivity (Wildman–Crippen MR) is 135 cm³/mol. The maximum atomic E-state index is 6.43. The normalized spacial score (nSPS) is 22.4. The molecule has 0 aromatic heterocycles. The minimum absolute atomic E-state index is 0.107. The topological polar surface area (TPSA) is 36.9 Å². The Balaban J connectivity index is 2.09. The van der Waals surface area contributed by atoms with Gasteiger partial charge in [-0.1, -0.05) is 82.3 Å². The molecule has 1 heterocycles. The van der Waals surface area contributed by atoms with Crippen LogP contribution in [0.1, 0.15) is 47.1 Å². The minimum atomic E-state index is -1.91. The monoisotopic (exact) mass is 510 g/mol. The summed E-state index contributed by atoms with van der Waals surface area (Å²) in [6.07, 6.45) is 2.95. The zero-order valence-corrected chi connectivity index (χ0v) is 22.9. The Hall–Kier alpha value is -0.923. The number of ether oxygens (including phenoxy) is 3. The Kier molecular flexibility index (Phi) is 8.78. The maximum absolute atomic E-state index is 6.43. The van der Waals surface area contributed by atoms with Crippen LogP contribution in [0.4, 0.5) is 0 Å². The highest BCUT2D eigenvalue weighted by Gasteiger charge is 2.39. The molecule has 0 amide bonds. The fourth-order valence-electron chi connectivity index (χ4n) is 2.84. The van der Waals surface area contributed by atoms with E-state index in [-0.39, 0.29) is 22.7 Å². The van der Waals surface area contributed by atoms with E-state index in [4.69, 9.17) is 18.6 Å². The van der Waals surface area contributed by atoms with Crippen molar-refractivity contribution in [2.45, 2.75) is 83.6 Å². The van der Waals surface area contributed by atoms with Crippen LogP contribution < -0.4 is 4.74 Å². The molecule has 0 unspecified atom stereocenters. The smallest absolute Gasteiger partial charge is 0.220 e. The second-order valence-electron chi connectivity index (χ2n) is 10.7. The molecule has 0 saturated heterocycles. The van der Waals surface area contributed by atoms with Crippen molar-refractivity contribution in [1.82, 2.24) is 0 Å². The number of rotatable bonds is 8. The lowest BCUT2D eigenvalue weighted by Crippen LogP contribution is -2.47. The summed E-state index contributed by atoms with van der Waals surface area (Å²) in [6, 6.07) is 8.20. The number of hydrogen-bond donors (Lipinski definition) is 0. The molecule has 2 rings (SSSR count). The van der Waals surface area contributed by atoms with Crippen molar-refractivity contribution in [1.29, 1.82) is 0 Å². The number of hydrogen-bond acceptors (Lipinski definition) is 4. The molecular weight excluding hydrogens is 472 g/mol. The van der Waals surface area contributed by atoms with Gasteiger partial charge in [-0.05, 0) is 47.3 Å². The van der Waals surface area contributed by atoms with Crippen molar-refractivity contribution in [3.63, 3.8) is 0 Å². The lowest BCUT2D eigenvalue weighted by atomic mass is 9.87. The van der Waals surface area contributed by atoms with Gasteiger partial charge in [0.2, 0.25) is 6.29 Å². The van der Waals surface area contributed by atoms with Gasteiger partial charge in [-0.3, -0.25) is 0 Å². The highest BCUT2D eigenvalue weighted by Crippen LogP contribution is 2.37. The molecule has 31 heavy (non-hydrogen) atoms. The molecular formula is C25H39BrO4Si. The standard InChI is InChI=1S/C25H39BrO4Si/c1-18(26)16-27-21-14-15-23(29-20-12-10-19(11-13-20)24(2,3)4)30-22(21)17-28-31(8,9)25(5,6)7/h10-15,21-23H,1,16-17H2,2-9H3/t21-,22+,23-/m0/s1. The second-order valence-corrected chi connectivity index (χ2v) is 16.6. The number of benzene rings is 1. The largest absolute Gasteiger partial charge is 0.461 e. The molecule has 0 fully saturated rings. The molecule has 0 N–H and O–H groups in total. The van der Waals surface area contributed by atoms with Crippen molar-refractivity contribution in [3.8, 4) is 5.75 Å². The van der Waals surface area contributed by atoms with Crippen LogP contribution in [0.15, 0.2) is 47.5 Å². The van der Waals surface area contributed by atoms with Gasteiger partial charge < -0.3 is 18.6 Å². The molecule has 0 spiro atoms. The highest BCUT2D eigenvalue weighted by molar-refractivity contribution is 9.11. The molecule has 4 nitrogen and oxygen atoms in total. The van der Waals surface area contributed by atoms with Crippen molar-refractivity contribution >= 4 is 24.2 Å². The van der Waals surface area contributed by atoms with Crippen LogP contribution in [0.5, 0.6) is 5.75 Å². The molecule has 1 aromatic carbocycles. The van der Waals surface area contributed by atoms with Crippen molar-refractivity contribution < 1.29 is 18.6 Å². The lowest BCUT2D eigenvalue weighted by molar-refractivity contribution is -0.150. The molecule has 0 aliphatic carbocycles. The third-order valence-corrected chi connectivity index (χ3v) is 10.7. The van der Waals surface area contributed by atoms with Crippen LogP contribution in [0.2, 0.25) is 18.1 Å². The first-order valence-electron chi connectivity index (χ1n) is 10.9. The molecule has 0 bridgehead atoms. The fraction of sp³-hybridized carbons (Fsp3) is 0.600. The Morgan fingerprint density at radius 3 is 2.19 bits per heavy atom.